The Kier molecular flexibility index (Phi) is 4.80. The predicted molar refractivity (Wildman–Crippen MR) is 81.7 cm³/mol. The molecule has 0 aliphatic rings. The van der Waals surface area contributed by atoms with Gasteiger partial charge in [-0.1, -0.05) is 62.4 Å². The monoisotopic (exact) mass is 270 g/mol. The molecule has 0 amide bonds. The molecule has 2 aromatic rings. The molecule has 1 atom stereocenters. The van der Waals surface area contributed by atoms with Gasteiger partial charge in [-0.3, -0.25) is 4.79 Å². The Morgan fingerprint density at radius 1 is 0.895 bits per heavy atom. The number of ketones is 1. The Labute approximate surface area is 119 Å². The zero-order chi connectivity index (χ0) is 13.7. The minimum Gasteiger partial charge on any atom is -0.293 e. The van der Waals surface area contributed by atoms with Crippen LogP contribution >= 0.6 is 11.8 Å². The summed E-state index contributed by atoms with van der Waals surface area (Å²) in [5.41, 5.74) is 0.796. The summed E-state index contributed by atoms with van der Waals surface area (Å²) in [7, 11) is 0. The molecule has 1 unspecified atom stereocenters. The molecule has 0 fully saturated rings. The van der Waals surface area contributed by atoms with Crippen LogP contribution in [0.1, 0.15) is 24.2 Å². The first-order valence-electron chi connectivity index (χ1n) is 6.49. The maximum atomic E-state index is 12.6. The SMILES string of the molecule is CC(C)C(Sc1ccccc1)C(=O)c1ccccc1. The highest BCUT2D eigenvalue weighted by Crippen LogP contribution is 2.30. The van der Waals surface area contributed by atoms with Crippen LogP contribution < -0.4 is 0 Å². The lowest BCUT2D eigenvalue weighted by atomic mass is 10.0. The van der Waals surface area contributed by atoms with E-state index in [1.165, 1.54) is 0 Å². The molecule has 2 aromatic carbocycles. The van der Waals surface area contributed by atoms with Crippen molar-refractivity contribution in [2.45, 2.75) is 24.0 Å². The van der Waals surface area contributed by atoms with Gasteiger partial charge >= 0.3 is 0 Å². The molecule has 0 heterocycles. The second kappa shape index (κ2) is 6.58. The van der Waals surface area contributed by atoms with Gasteiger partial charge in [0, 0.05) is 10.5 Å². The van der Waals surface area contributed by atoms with Crippen molar-refractivity contribution in [1.82, 2.24) is 0 Å². The number of hydrogen-bond donors (Lipinski definition) is 0. The molecule has 0 bridgehead atoms. The molecule has 0 saturated heterocycles. The summed E-state index contributed by atoms with van der Waals surface area (Å²) in [5, 5.41) is -0.0372. The van der Waals surface area contributed by atoms with E-state index in [1.807, 2.05) is 48.5 Å². The molecular weight excluding hydrogens is 252 g/mol. The predicted octanol–water partition coefficient (Wildman–Crippen LogP) is 4.69. The van der Waals surface area contributed by atoms with Crippen LogP contribution in [0.5, 0.6) is 0 Å². The summed E-state index contributed by atoms with van der Waals surface area (Å²) < 4.78 is 0. The Morgan fingerprint density at radius 3 is 1.95 bits per heavy atom. The zero-order valence-corrected chi connectivity index (χ0v) is 12.1. The molecule has 98 valence electrons. The molecule has 1 nitrogen and oxygen atoms in total. The summed E-state index contributed by atoms with van der Waals surface area (Å²) in [6.45, 7) is 4.20. The Bertz CT molecular complexity index is 519. The molecule has 0 spiro atoms. The van der Waals surface area contributed by atoms with Crippen LogP contribution in [0.25, 0.3) is 0 Å². The fourth-order valence-electron chi connectivity index (χ4n) is 1.90. The third-order valence-corrected chi connectivity index (χ3v) is 4.49. The number of carbonyl (C=O) groups excluding carboxylic acids is 1. The molecule has 2 heteroatoms. The van der Waals surface area contributed by atoms with Crippen LogP contribution in [0.4, 0.5) is 0 Å². The summed E-state index contributed by atoms with van der Waals surface area (Å²) in [6.07, 6.45) is 0. The Morgan fingerprint density at radius 2 is 1.42 bits per heavy atom. The van der Waals surface area contributed by atoms with E-state index in [9.17, 15) is 4.79 Å². The van der Waals surface area contributed by atoms with Gasteiger partial charge in [0.15, 0.2) is 5.78 Å². The van der Waals surface area contributed by atoms with Crippen molar-refractivity contribution in [3.8, 4) is 0 Å². The third kappa shape index (κ3) is 3.71. The number of thioether (sulfide) groups is 1. The first-order chi connectivity index (χ1) is 9.18. The second-order valence-electron chi connectivity index (χ2n) is 4.83. The molecule has 2 rings (SSSR count). The minimum atomic E-state index is -0.0372. The lowest BCUT2D eigenvalue weighted by Crippen LogP contribution is -2.23. The summed E-state index contributed by atoms with van der Waals surface area (Å²) in [4.78, 5) is 13.7. The van der Waals surface area contributed by atoms with Gasteiger partial charge in [0.2, 0.25) is 0 Å². The first kappa shape index (κ1) is 13.9. The van der Waals surface area contributed by atoms with Gasteiger partial charge in [-0.15, -0.1) is 11.8 Å². The van der Waals surface area contributed by atoms with Crippen molar-refractivity contribution in [2.75, 3.05) is 0 Å². The normalized spacial score (nSPS) is 12.4. The Hall–Kier alpha value is -1.54. The van der Waals surface area contributed by atoms with Crippen molar-refractivity contribution in [1.29, 1.82) is 0 Å². The van der Waals surface area contributed by atoms with Gasteiger partial charge in [0.25, 0.3) is 0 Å². The van der Waals surface area contributed by atoms with Gasteiger partial charge in [0.05, 0.1) is 5.25 Å². The fraction of sp³-hybridized carbons (Fsp3) is 0.235. The largest absolute Gasteiger partial charge is 0.293 e. The van der Waals surface area contributed by atoms with E-state index < -0.39 is 0 Å². The van der Waals surface area contributed by atoms with Gasteiger partial charge in [-0.2, -0.15) is 0 Å². The second-order valence-corrected chi connectivity index (χ2v) is 6.04. The number of Topliss-reactive ketones (excluding diaryl/α,β-unsaturated/α-hetero) is 1. The molecule has 0 radical (unpaired) electrons. The molecule has 0 aliphatic heterocycles. The highest BCUT2D eigenvalue weighted by molar-refractivity contribution is 8.00. The average Bonchev–Trinajstić information content (AvgIpc) is 2.46. The molecule has 19 heavy (non-hydrogen) atoms. The van der Waals surface area contributed by atoms with E-state index in [1.54, 1.807) is 11.8 Å². The molecule has 0 saturated carbocycles. The van der Waals surface area contributed by atoms with Gasteiger partial charge < -0.3 is 0 Å². The van der Waals surface area contributed by atoms with E-state index in [0.29, 0.717) is 5.92 Å². The smallest absolute Gasteiger partial charge is 0.176 e. The van der Waals surface area contributed by atoms with Crippen molar-refractivity contribution < 1.29 is 4.79 Å². The van der Waals surface area contributed by atoms with Crippen molar-refractivity contribution in [3.05, 3.63) is 66.2 Å². The molecule has 0 aliphatic carbocycles. The van der Waals surface area contributed by atoms with Gasteiger partial charge in [0.1, 0.15) is 0 Å². The minimum absolute atomic E-state index is 0.0372. The summed E-state index contributed by atoms with van der Waals surface area (Å²) in [6, 6.07) is 19.7. The van der Waals surface area contributed by atoms with E-state index >= 15 is 0 Å². The standard InChI is InChI=1S/C17H18OS/c1-13(2)17(19-15-11-7-4-8-12-15)16(18)14-9-5-3-6-10-14/h3-13,17H,1-2H3. The quantitative estimate of drug-likeness (QED) is 0.579. The van der Waals surface area contributed by atoms with Crippen LogP contribution in [0.3, 0.4) is 0 Å². The van der Waals surface area contributed by atoms with Gasteiger partial charge in [-0.25, -0.2) is 0 Å². The van der Waals surface area contributed by atoms with Crippen LogP contribution in [0, 0.1) is 5.92 Å². The zero-order valence-electron chi connectivity index (χ0n) is 11.2. The number of carbonyl (C=O) groups is 1. The molecular formula is C17H18OS. The van der Waals surface area contributed by atoms with E-state index in [2.05, 4.69) is 26.0 Å². The van der Waals surface area contributed by atoms with Crippen LogP contribution in [-0.4, -0.2) is 11.0 Å². The van der Waals surface area contributed by atoms with Crippen molar-refractivity contribution >= 4 is 17.5 Å². The lowest BCUT2D eigenvalue weighted by Gasteiger charge is -2.19. The van der Waals surface area contributed by atoms with Crippen molar-refractivity contribution in [3.63, 3.8) is 0 Å². The molecule has 0 aromatic heterocycles. The third-order valence-electron chi connectivity index (χ3n) is 2.93. The average molecular weight is 270 g/mol. The number of benzene rings is 2. The van der Waals surface area contributed by atoms with E-state index in [-0.39, 0.29) is 11.0 Å². The van der Waals surface area contributed by atoms with E-state index in [4.69, 9.17) is 0 Å². The lowest BCUT2D eigenvalue weighted by molar-refractivity contribution is 0.0975. The van der Waals surface area contributed by atoms with Crippen LogP contribution in [-0.2, 0) is 0 Å². The van der Waals surface area contributed by atoms with Crippen LogP contribution in [0.2, 0.25) is 0 Å². The molecule has 0 N–H and O–H groups in total. The first-order valence-corrected chi connectivity index (χ1v) is 7.37. The fourth-order valence-corrected chi connectivity index (χ4v) is 3.03. The van der Waals surface area contributed by atoms with E-state index in [0.717, 1.165) is 10.5 Å². The maximum absolute atomic E-state index is 12.6. The summed E-state index contributed by atoms with van der Waals surface area (Å²) >= 11 is 1.65. The topological polar surface area (TPSA) is 17.1 Å². The maximum Gasteiger partial charge on any atom is 0.176 e. The van der Waals surface area contributed by atoms with Crippen LogP contribution in [0.15, 0.2) is 65.6 Å². The van der Waals surface area contributed by atoms with Crippen molar-refractivity contribution in [2.24, 2.45) is 5.92 Å². The highest BCUT2D eigenvalue weighted by atomic mass is 32.2. The Balaban J connectivity index is 2.19. The summed E-state index contributed by atoms with van der Waals surface area (Å²) in [5.74, 6) is 0.516. The highest BCUT2D eigenvalue weighted by Gasteiger charge is 2.24. The number of hydrogen-bond acceptors (Lipinski definition) is 2. The van der Waals surface area contributed by atoms with Gasteiger partial charge in [-0.05, 0) is 18.1 Å². The number of rotatable bonds is 5.